The van der Waals surface area contributed by atoms with Crippen molar-refractivity contribution in [2.45, 2.75) is 301 Å². The lowest BCUT2D eigenvalue weighted by atomic mass is 9.99. The van der Waals surface area contributed by atoms with Crippen molar-refractivity contribution in [3.63, 3.8) is 0 Å². The fraction of sp³-hybridized carbons (Fsp3) is 0.713. The summed E-state index contributed by atoms with van der Waals surface area (Å²) in [6.07, 6.45) is 14.6. The minimum Gasteiger partial charge on any atom is -0.481 e. The number of primary amides is 1. The molecule has 0 saturated carbocycles. The molecule has 117 heavy (non-hydrogen) atoms. The molecule has 2 unspecified atom stereocenters. The van der Waals surface area contributed by atoms with Crippen LogP contribution >= 0.6 is 23.5 Å². The van der Waals surface area contributed by atoms with E-state index in [1.165, 1.54) is 82.4 Å². The van der Waals surface area contributed by atoms with Gasteiger partial charge in [0.1, 0.15) is 60.4 Å². The number of carbonyl (C=O) groups excluding carboxylic acids is 14. The van der Waals surface area contributed by atoms with Crippen molar-refractivity contribution in [1.82, 2.24) is 68.7 Å². The Balaban J connectivity index is 2.16. The zero-order valence-corrected chi connectivity index (χ0v) is 71.6. The van der Waals surface area contributed by atoms with Crippen molar-refractivity contribution < 1.29 is 102 Å². The predicted molar refractivity (Wildman–Crippen MR) is 441 cm³/mol. The third-order valence-corrected chi connectivity index (χ3v) is 21.3. The fourth-order valence-corrected chi connectivity index (χ4v) is 14.6. The molecule has 11 atom stereocenters. The molecule has 0 spiro atoms. The van der Waals surface area contributed by atoms with Crippen molar-refractivity contribution in [3.8, 4) is 0 Å². The summed E-state index contributed by atoms with van der Waals surface area (Å²) in [5, 5.41) is 69.6. The summed E-state index contributed by atoms with van der Waals surface area (Å²) in [7, 11) is 0. The first kappa shape index (κ1) is 104. The van der Waals surface area contributed by atoms with Crippen LogP contribution in [-0.4, -0.2) is 231 Å². The highest BCUT2D eigenvalue weighted by Crippen LogP contribution is 2.24. The summed E-state index contributed by atoms with van der Waals surface area (Å²) < 4.78 is 0. The van der Waals surface area contributed by atoms with Gasteiger partial charge in [0.25, 0.3) is 0 Å². The zero-order chi connectivity index (χ0) is 87.9. The van der Waals surface area contributed by atoms with Crippen molar-refractivity contribution in [2.75, 3.05) is 38.2 Å². The second-order valence-electron chi connectivity index (χ2n) is 31.1. The minimum atomic E-state index is -1.95. The van der Waals surface area contributed by atoms with E-state index in [1.54, 1.807) is 67.2 Å². The molecule has 1 fully saturated rings. The Morgan fingerprint density at radius 1 is 0.444 bits per heavy atom. The van der Waals surface area contributed by atoms with Gasteiger partial charge in [0.15, 0.2) is 0 Å². The Kier molecular flexibility index (Phi) is 50.7. The molecule has 0 bridgehead atoms. The average molecular weight is 1690 g/mol. The Morgan fingerprint density at radius 3 is 1.35 bits per heavy atom. The summed E-state index contributed by atoms with van der Waals surface area (Å²) in [4.78, 5) is 228. The number of likely N-dealkylation sites (tertiary alicyclic amines) is 1. The number of hydrogen-bond donors (Lipinski definition) is 17. The van der Waals surface area contributed by atoms with Crippen LogP contribution in [0.25, 0.3) is 0 Å². The standard InChI is InChI=1S/C80H132N14O21S2/c1-12-13-14-15-16-17-18-19-20-21-22-23-24-25-26-33-59(96)82-39-38-60(97)89-68(49(6)7)78(113)92-67(48(4)5)76(111)83-43-62(99)86-56(41-65(104)105)80(115)94-40-29-32-58(94)75(110)87-55(35-37-64(102)103)73(108)93-70(51(10)95)77(112)84-42-61(98)85-54(34-36-63(100)101)72(107)88-57(46-117-45-53-31-28-27-30-52(53)44-116-11)74(109)91-69(50(8)9)79(114)90-66(47(2)3)71(81)106/h27-28,30-31,47-51,54-58,66-70,95H,12-26,29,32-46H2,1-11H3,(H2,81,106)(H,82,96)(H,83,111)(H,84,112)(H,85,98)(H,86,99)(H,87,110)(H,88,107)(H,89,97)(H,90,114)(H,91,109)(H,92,113)(H,93,108)(H,100,101)(H,102,103)(H,104,105)/t51-,54+,55+,56+,57?,58+,66+,67+,68?,69+,70+/m1/s1. The number of nitrogens with zero attached hydrogens (tertiary/aromatic N) is 1. The number of nitrogens with one attached hydrogen (secondary N) is 12. The SMILES string of the molecule is CCCCCCCCCCCCCCCCCC(=O)NCCC(=O)NC(C(=O)N[C@H](C(=O)NCC(=O)N[C@@H](CC(=O)O)C(=O)N1CCC[C@H]1C(=O)N[C@@H](CCC(=O)O)C(=O)N[C@H](C(=O)NCC(=O)N[C@@H](CCC(=O)O)C(=O)NC(CSCc1ccccc1CSC)C(=O)N[C@H](C(=O)N[C@H](C(N)=O)C(C)C)C(C)C)[C@@H](C)O)C(C)C)C(C)C. The summed E-state index contributed by atoms with van der Waals surface area (Å²) in [5.41, 5.74) is 7.49. The molecule has 35 nitrogen and oxygen atoms in total. The van der Waals surface area contributed by atoms with E-state index in [2.05, 4.69) is 70.7 Å². The van der Waals surface area contributed by atoms with Gasteiger partial charge in [-0.15, -0.1) is 0 Å². The largest absolute Gasteiger partial charge is 0.481 e. The molecule has 0 aromatic heterocycles. The van der Waals surface area contributed by atoms with Crippen LogP contribution in [0.4, 0.5) is 0 Å². The molecule has 660 valence electrons. The van der Waals surface area contributed by atoms with Crippen LogP contribution in [0, 0.1) is 23.7 Å². The highest BCUT2D eigenvalue weighted by Gasteiger charge is 2.42. The number of benzene rings is 1. The Bertz CT molecular complexity index is 3420. The van der Waals surface area contributed by atoms with E-state index >= 15 is 0 Å². The number of hydrogen-bond acceptors (Lipinski definition) is 20. The van der Waals surface area contributed by atoms with Gasteiger partial charge in [-0.3, -0.25) is 81.5 Å². The molecule has 1 saturated heterocycles. The molecule has 2 rings (SSSR count). The number of amides is 14. The van der Waals surface area contributed by atoms with Gasteiger partial charge in [-0.2, -0.15) is 23.5 Å². The first-order valence-corrected chi connectivity index (χ1v) is 43.5. The fourth-order valence-electron chi connectivity index (χ4n) is 12.9. The third kappa shape index (κ3) is 41.7. The van der Waals surface area contributed by atoms with Crippen LogP contribution in [0.1, 0.15) is 234 Å². The van der Waals surface area contributed by atoms with Crippen molar-refractivity contribution >= 4 is 124 Å². The van der Waals surface area contributed by atoms with Gasteiger partial charge in [-0.25, -0.2) is 0 Å². The lowest BCUT2D eigenvalue weighted by Gasteiger charge is -2.30. The van der Waals surface area contributed by atoms with E-state index in [0.29, 0.717) is 17.9 Å². The van der Waals surface area contributed by atoms with Gasteiger partial charge in [0, 0.05) is 56.0 Å². The summed E-state index contributed by atoms with van der Waals surface area (Å²) in [5.74, 6) is -18.2. The number of rotatable bonds is 61. The smallest absolute Gasteiger partial charge is 0.305 e. The maximum absolute atomic E-state index is 14.3. The first-order chi connectivity index (χ1) is 55.3. The topological polar surface area (TPSA) is 545 Å². The highest BCUT2D eigenvalue weighted by atomic mass is 32.2. The summed E-state index contributed by atoms with van der Waals surface area (Å²) >= 11 is 2.82. The van der Waals surface area contributed by atoms with E-state index < -0.39 is 230 Å². The van der Waals surface area contributed by atoms with Crippen LogP contribution in [-0.2, 0) is 93.0 Å². The number of thioether (sulfide) groups is 2. The van der Waals surface area contributed by atoms with Gasteiger partial charge < -0.3 is 94.9 Å². The van der Waals surface area contributed by atoms with Gasteiger partial charge >= 0.3 is 17.9 Å². The maximum Gasteiger partial charge on any atom is 0.305 e. The number of aliphatic hydroxyl groups excluding tert-OH is 1. The molecule has 1 aromatic carbocycles. The van der Waals surface area contributed by atoms with E-state index in [-0.39, 0.29) is 44.0 Å². The molecule has 0 radical (unpaired) electrons. The van der Waals surface area contributed by atoms with E-state index in [9.17, 15) is 102 Å². The number of nitrogens with two attached hydrogens (primary N) is 1. The minimum absolute atomic E-state index is 0.0341. The maximum atomic E-state index is 14.3. The van der Waals surface area contributed by atoms with E-state index in [1.807, 2.05) is 30.5 Å². The van der Waals surface area contributed by atoms with Crippen LogP contribution in [0.15, 0.2) is 24.3 Å². The molecule has 0 aliphatic carbocycles. The molecule has 1 aromatic rings. The first-order valence-electron chi connectivity index (χ1n) is 40.9. The molecule has 1 heterocycles. The number of unbranched alkanes of at least 4 members (excludes halogenated alkanes) is 14. The molecular formula is C80H132N14O21S2. The molecule has 1 aliphatic rings. The van der Waals surface area contributed by atoms with Crippen LogP contribution in [0.2, 0.25) is 0 Å². The van der Waals surface area contributed by atoms with Crippen LogP contribution in [0.3, 0.4) is 0 Å². The highest BCUT2D eigenvalue weighted by molar-refractivity contribution is 7.98. The summed E-state index contributed by atoms with van der Waals surface area (Å²) in [6.45, 7) is 14.4. The second-order valence-corrected chi connectivity index (χ2v) is 33.0. The second kappa shape index (κ2) is 57.1. The van der Waals surface area contributed by atoms with Crippen molar-refractivity contribution in [2.24, 2.45) is 29.4 Å². The number of carboxylic acids is 3. The zero-order valence-electron chi connectivity index (χ0n) is 70.0. The van der Waals surface area contributed by atoms with E-state index in [0.717, 1.165) is 48.6 Å². The normalized spacial score (nSPS) is 15.1. The van der Waals surface area contributed by atoms with Crippen molar-refractivity contribution in [1.29, 1.82) is 0 Å². The summed E-state index contributed by atoms with van der Waals surface area (Å²) in [6, 6.07) is -7.48. The lowest BCUT2D eigenvalue weighted by molar-refractivity contribution is -0.146. The van der Waals surface area contributed by atoms with E-state index in [4.69, 9.17) is 5.73 Å². The Morgan fingerprint density at radius 2 is 0.872 bits per heavy atom. The number of aliphatic carboxylic acids is 3. The molecular weight excluding hydrogens is 1560 g/mol. The number of aliphatic hydroxyl groups is 1. The average Bonchev–Trinajstić information content (AvgIpc) is 1.72. The Hall–Kier alpha value is -9.13. The molecule has 18 N–H and O–H groups in total. The van der Waals surface area contributed by atoms with Gasteiger partial charge in [0.2, 0.25) is 82.7 Å². The molecule has 14 amide bonds. The predicted octanol–water partition coefficient (Wildman–Crippen LogP) is 2.83. The molecule has 37 heteroatoms. The quantitative estimate of drug-likeness (QED) is 0.0417. The monoisotopic (exact) mass is 1690 g/mol. The van der Waals surface area contributed by atoms with Crippen molar-refractivity contribution in [3.05, 3.63) is 35.4 Å². The van der Waals surface area contributed by atoms with Crippen LogP contribution in [0.5, 0.6) is 0 Å². The van der Waals surface area contributed by atoms with Gasteiger partial charge in [0.05, 0.1) is 25.6 Å². The third-order valence-electron chi connectivity index (χ3n) is 19.6. The molecule has 1 aliphatic heterocycles. The lowest BCUT2D eigenvalue weighted by Crippen LogP contribution is -2.61. The number of carboxylic acid groups (broad SMARTS) is 3. The van der Waals surface area contributed by atoms with Crippen LogP contribution < -0.4 is 69.5 Å². The van der Waals surface area contributed by atoms with Gasteiger partial charge in [-0.05, 0) is 80.1 Å². The Labute approximate surface area is 695 Å². The number of carbonyl (C=O) groups is 17. The van der Waals surface area contributed by atoms with Gasteiger partial charge in [-0.1, -0.05) is 176 Å².